The maximum atomic E-state index is 10.7. The lowest BCUT2D eigenvalue weighted by molar-refractivity contribution is -0.384. The van der Waals surface area contributed by atoms with Crippen LogP contribution in [-0.4, -0.2) is 28.5 Å². The van der Waals surface area contributed by atoms with E-state index in [0.717, 1.165) is 6.08 Å². The van der Waals surface area contributed by atoms with Gasteiger partial charge in [-0.3, -0.25) is 14.9 Å². The molecule has 0 saturated heterocycles. The Bertz CT molecular complexity index is 567. The molecule has 0 spiro atoms. The van der Waals surface area contributed by atoms with Crippen LogP contribution in [-0.2, 0) is 9.59 Å². The van der Waals surface area contributed by atoms with E-state index < -0.39 is 16.8 Å². The second-order valence-corrected chi connectivity index (χ2v) is 3.72. The van der Waals surface area contributed by atoms with Gasteiger partial charge in [-0.1, -0.05) is 0 Å². The zero-order valence-corrected chi connectivity index (χ0v) is 10.3. The maximum Gasteiger partial charge on any atom is 0.328 e. The van der Waals surface area contributed by atoms with Crippen molar-refractivity contribution in [3.63, 3.8) is 0 Å². The van der Waals surface area contributed by atoms with Crippen molar-refractivity contribution >= 4 is 23.6 Å². The number of nitrogens with zero attached hydrogens (tertiary/aromatic N) is 1. The number of nitro groups is 1. The summed E-state index contributed by atoms with van der Waals surface area (Å²) in [6, 6.07) is 3.73. The number of hydrogen-bond acceptors (Lipinski definition) is 5. The zero-order valence-electron chi connectivity index (χ0n) is 10.3. The fraction of sp³-hybridized carbons (Fsp3) is 0.167. The van der Waals surface area contributed by atoms with Gasteiger partial charge in [0.1, 0.15) is 5.75 Å². The maximum absolute atomic E-state index is 10.7. The molecule has 1 aromatic carbocycles. The van der Waals surface area contributed by atoms with Crippen LogP contribution in [0.2, 0.25) is 0 Å². The number of hydrogen-bond donors (Lipinski definition) is 2. The molecule has 0 fully saturated rings. The van der Waals surface area contributed by atoms with Gasteiger partial charge in [0, 0.05) is 23.8 Å². The Balaban J connectivity index is 2.99. The molecule has 0 aliphatic carbocycles. The molecule has 1 amide bonds. The highest BCUT2D eigenvalue weighted by molar-refractivity contribution is 5.86. The molecule has 0 aromatic heterocycles. The number of carbonyl (C=O) groups is 2. The first-order chi connectivity index (χ1) is 9.40. The topological polar surface area (TPSA) is 133 Å². The Morgan fingerprint density at radius 3 is 2.70 bits per heavy atom. The minimum Gasteiger partial charge on any atom is -0.492 e. The van der Waals surface area contributed by atoms with Gasteiger partial charge in [0.2, 0.25) is 5.91 Å². The first kappa shape index (κ1) is 15.2. The summed E-state index contributed by atoms with van der Waals surface area (Å²) in [5.41, 5.74) is 4.99. The van der Waals surface area contributed by atoms with Gasteiger partial charge in [0.05, 0.1) is 18.0 Å². The molecule has 1 rings (SSSR count). The highest BCUT2D eigenvalue weighted by Crippen LogP contribution is 2.25. The van der Waals surface area contributed by atoms with Crippen LogP contribution in [0.5, 0.6) is 5.75 Å². The number of ether oxygens (including phenoxy) is 1. The van der Waals surface area contributed by atoms with Gasteiger partial charge < -0.3 is 15.6 Å². The fourth-order valence-corrected chi connectivity index (χ4v) is 1.33. The van der Waals surface area contributed by atoms with Crippen molar-refractivity contribution in [3.8, 4) is 5.75 Å². The van der Waals surface area contributed by atoms with Gasteiger partial charge in [0.15, 0.2) is 0 Å². The first-order valence-corrected chi connectivity index (χ1v) is 5.50. The average Bonchev–Trinajstić information content (AvgIpc) is 2.36. The molecule has 0 unspecified atom stereocenters. The number of non-ortho nitro benzene ring substituents is 1. The molecule has 0 bridgehead atoms. The third kappa shape index (κ3) is 4.77. The van der Waals surface area contributed by atoms with E-state index >= 15 is 0 Å². The second-order valence-electron chi connectivity index (χ2n) is 3.72. The Kier molecular flexibility index (Phi) is 5.21. The Morgan fingerprint density at radius 1 is 1.45 bits per heavy atom. The molecule has 20 heavy (non-hydrogen) atoms. The Hall–Kier alpha value is -2.90. The van der Waals surface area contributed by atoms with Crippen LogP contribution in [0.3, 0.4) is 0 Å². The fourth-order valence-electron chi connectivity index (χ4n) is 1.33. The number of amides is 1. The number of nitrogens with two attached hydrogens (primary N) is 1. The Labute approximate surface area is 113 Å². The smallest absolute Gasteiger partial charge is 0.328 e. The van der Waals surface area contributed by atoms with Crippen molar-refractivity contribution in [3.05, 3.63) is 40.0 Å². The lowest BCUT2D eigenvalue weighted by Gasteiger charge is -2.08. The molecule has 0 aliphatic heterocycles. The number of nitro benzene ring substituents is 1. The van der Waals surface area contributed by atoms with Crippen LogP contribution in [0.1, 0.15) is 12.0 Å². The normalized spacial score (nSPS) is 10.4. The van der Waals surface area contributed by atoms with E-state index in [4.69, 9.17) is 15.6 Å². The minimum atomic E-state index is -1.19. The molecular weight excluding hydrogens is 268 g/mol. The van der Waals surface area contributed by atoms with Crippen molar-refractivity contribution < 1.29 is 24.4 Å². The summed E-state index contributed by atoms with van der Waals surface area (Å²) in [7, 11) is 0. The van der Waals surface area contributed by atoms with E-state index in [0.29, 0.717) is 0 Å². The molecule has 1 aromatic rings. The third-order valence-electron chi connectivity index (χ3n) is 2.22. The molecule has 8 heteroatoms. The monoisotopic (exact) mass is 280 g/mol. The van der Waals surface area contributed by atoms with E-state index in [9.17, 15) is 19.7 Å². The van der Waals surface area contributed by atoms with Gasteiger partial charge in [-0.05, 0) is 12.1 Å². The van der Waals surface area contributed by atoms with E-state index in [2.05, 4.69) is 0 Å². The van der Waals surface area contributed by atoms with E-state index in [1.807, 2.05) is 0 Å². The van der Waals surface area contributed by atoms with Crippen molar-refractivity contribution in [2.24, 2.45) is 5.73 Å². The molecule has 8 nitrogen and oxygen atoms in total. The van der Waals surface area contributed by atoms with Crippen LogP contribution >= 0.6 is 0 Å². The van der Waals surface area contributed by atoms with E-state index in [-0.39, 0.29) is 30.0 Å². The predicted molar refractivity (Wildman–Crippen MR) is 69.1 cm³/mol. The molecule has 0 saturated carbocycles. The summed E-state index contributed by atoms with van der Waals surface area (Å²) < 4.78 is 5.25. The van der Waals surface area contributed by atoms with Crippen molar-refractivity contribution in [1.82, 2.24) is 0 Å². The van der Waals surface area contributed by atoms with Gasteiger partial charge >= 0.3 is 5.97 Å². The minimum absolute atomic E-state index is 0.00105. The highest BCUT2D eigenvalue weighted by atomic mass is 16.6. The van der Waals surface area contributed by atoms with Crippen LogP contribution in [0.25, 0.3) is 6.08 Å². The quantitative estimate of drug-likeness (QED) is 0.434. The largest absolute Gasteiger partial charge is 0.492 e. The van der Waals surface area contributed by atoms with Crippen LogP contribution in [0.15, 0.2) is 24.3 Å². The third-order valence-corrected chi connectivity index (χ3v) is 2.22. The van der Waals surface area contributed by atoms with Crippen molar-refractivity contribution in [2.45, 2.75) is 6.42 Å². The van der Waals surface area contributed by atoms with E-state index in [1.54, 1.807) is 0 Å². The van der Waals surface area contributed by atoms with Gasteiger partial charge in [-0.15, -0.1) is 0 Å². The SMILES string of the molecule is NC(=O)CCOc1ccc([N+](=O)[O-])cc1/C=C/C(=O)O. The molecule has 0 aliphatic rings. The molecule has 0 radical (unpaired) electrons. The lowest BCUT2D eigenvalue weighted by Crippen LogP contribution is -2.14. The summed E-state index contributed by atoms with van der Waals surface area (Å²) in [6.07, 6.45) is 1.99. The predicted octanol–water partition coefficient (Wildman–Crippen LogP) is 0.947. The number of benzene rings is 1. The molecule has 0 atom stereocenters. The summed E-state index contributed by atoms with van der Waals surface area (Å²) in [4.78, 5) is 31.1. The number of carboxylic acid groups (broad SMARTS) is 1. The number of carboxylic acids is 1. The van der Waals surface area contributed by atoms with Gasteiger partial charge in [-0.2, -0.15) is 0 Å². The van der Waals surface area contributed by atoms with Gasteiger partial charge in [-0.25, -0.2) is 4.79 Å². The molecule has 3 N–H and O–H groups in total. The molecular formula is C12H12N2O6. The van der Waals surface area contributed by atoms with Crippen LogP contribution < -0.4 is 10.5 Å². The summed E-state index contributed by atoms with van der Waals surface area (Å²) in [5.74, 6) is -1.51. The number of rotatable bonds is 7. The number of carbonyl (C=O) groups excluding carboxylic acids is 1. The Morgan fingerprint density at radius 2 is 2.15 bits per heavy atom. The molecule has 0 heterocycles. The summed E-state index contributed by atoms with van der Waals surface area (Å²) >= 11 is 0. The first-order valence-electron chi connectivity index (χ1n) is 5.50. The summed E-state index contributed by atoms with van der Waals surface area (Å²) in [6.45, 7) is 0.00105. The van der Waals surface area contributed by atoms with Gasteiger partial charge in [0.25, 0.3) is 5.69 Å². The zero-order chi connectivity index (χ0) is 15.1. The van der Waals surface area contributed by atoms with Crippen LogP contribution in [0.4, 0.5) is 5.69 Å². The molecule has 106 valence electrons. The lowest BCUT2D eigenvalue weighted by atomic mass is 10.1. The van der Waals surface area contributed by atoms with Crippen LogP contribution in [0, 0.1) is 10.1 Å². The number of primary amides is 1. The van der Waals surface area contributed by atoms with Crippen molar-refractivity contribution in [2.75, 3.05) is 6.61 Å². The van der Waals surface area contributed by atoms with Crippen molar-refractivity contribution in [1.29, 1.82) is 0 Å². The number of aliphatic carboxylic acids is 1. The summed E-state index contributed by atoms with van der Waals surface area (Å²) in [5, 5.41) is 19.2. The standard InChI is InChI=1S/C12H12N2O6/c13-11(15)5-6-20-10-3-2-9(14(18)19)7-8(10)1-4-12(16)17/h1-4,7H,5-6H2,(H2,13,15)(H,16,17)/b4-1+. The van der Waals surface area contributed by atoms with E-state index in [1.165, 1.54) is 24.3 Å². The average molecular weight is 280 g/mol. The second kappa shape index (κ2) is 6.88. The highest BCUT2D eigenvalue weighted by Gasteiger charge is 2.10.